The van der Waals surface area contributed by atoms with Crippen molar-refractivity contribution in [2.45, 2.75) is 12.3 Å². The van der Waals surface area contributed by atoms with Crippen LogP contribution in [0.3, 0.4) is 0 Å². The lowest BCUT2D eigenvalue weighted by Gasteiger charge is -2.24. The summed E-state index contributed by atoms with van der Waals surface area (Å²) in [5.74, 6) is -0.898. The van der Waals surface area contributed by atoms with Crippen LogP contribution in [0.15, 0.2) is 59.0 Å². The molecule has 7 nitrogen and oxygen atoms in total. The number of aromatic hydroxyl groups is 1. The topological polar surface area (TPSA) is 90.1 Å². The number of nitrogens with zero attached hydrogens (tertiary/aromatic N) is 2. The zero-order chi connectivity index (χ0) is 19.7. The monoisotopic (exact) mass is 378 g/mol. The van der Waals surface area contributed by atoms with Gasteiger partial charge in [-0.2, -0.15) is 4.98 Å². The average Bonchev–Trinajstić information content (AvgIpc) is 2.72. The van der Waals surface area contributed by atoms with Gasteiger partial charge in [-0.3, -0.25) is 14.0 Å². The van der Waals surface area contributed by atoms with Gasteiger partial charge in [0.2, 0.25) is 5.88 Å². The van der Waals surface area contributed by atoms with Gasteiger partial charge in [0.05, 0.1) is 19.1 Å². The molecule has 0 fully saturated rings. The molecule has 1 aliphatic heterocycles. The summed E-state index contributed by atoms with van der Waals surface area (Å²) in [6.45, 7) is 0.190. The lowest BCUT2D eigenvalue weighted by atomic mass is 9.87. The fourth-order valence-electron chi connectivity index (χ4n) is 3.40. The van der Waals surface area contributed by atoms with E-state index in [4.69, 9.17) is 9.47 Å². The molecule has 0 saturated carbocycles. The molecule has 1 atom stereocenters. The Morgan fingerprint density at radius 3 is 2.89 bits per heavy atom. The van der Waals surface area contributed by atoms with E-state index < -0.39 is 23.3 Å². The number of ether oxygens (including phenoxy) is 2. The molecule has 142 valence electrons. The minimum atomic E-state index is -0.724. The van der Waals surface area contributed by atoms with E-state index in [1.54, 1.807) is 24.4 Å². The van der Waals surface area contributed by atoms with Crippen LogP contribution in [-0.2, 0) is 9.53 Å². The standard InChI is InChI=1S/C21H18N2O5/c1-27-18(24)11-15(14-10-13-6-2-3-7-16(13)28-12-14)19-20(25)22-17-8-4-5-9-23(17)21(19)26/h2-10,15,25H,11-12H2,1H3. The number of para-hydroxylation sites is 1. The number of benzene rings is 1. The van der Waals surface area contributed by atoms with Crippen LogP contribution in [-0.4, -0.2) is 34.2 Å². The maximum absolute atomic E-state index is 13.1. The summed E-state index contributed by atoms with van der Waals surface area (Å²) in [5, 5.41) is 10.5. The Labute approximate surface area is 160 Å². The highest BCUT2D eigenvalue weighted by Crippen LogP contribution is 2.36. The van der Waals surface area contributed by atoms with Crippen molar-refractivity contribution in [1.29, 1.82) is 0 Å². The predicted octanol–water partition coefficient (Wildman–Crippen LogP) is 2.52. The van der Waals surface area contributed by atoms with Crippen LogP contribution in [0.4, 0.5) is 0 Å². The molecule has 0 aliphatic carbocycles. The van der Waals surface area contributed by atoms with Crippen molar-refractivity contribution in [3.05, 3.63) is 75.7 Å². The van der Waals surface area contributed by atoms with Gasteiger partial charge < -0.3 is 14.6 Å². The molecule has 0 bridgehead atoms. The predicted molar refractivity (Wildman–Crippen MR) is 102 cm³/mol. The zero-order valence-electron chi connectivity index (χ0n) is 15.2. The zero-order valence-corrected chi connectivity index (χ0v) is 15.2. The first-order valence-corrected chi connectivity index (χ1v) is 8.78. The maximum Gasteiger partial charge on any atom is 0.306 e. The van der Waals surface area contributed by atoms with Gasteiger partial charge in [-0.1, -0.05) is 24.3 Å². The fraction of sp³-hybridized carbons (Fsp3) is 0.190. The van der Waals surface area contributed by atoms with Crippen molar-refractivity contribution in [1.82, 2.24) is 9.38 Å². The third kappa shape index (κ3) is 3.11. The maximum atomic E-state index is 13.1. The van der Waals surface area contributed by atoms with Crippen LogP contribution in [0, 0.1) is 0 Å². The van der Waals surface area contributed by atoms with Gasteiger partial charge >= 0.3 is 5.97 Å². The summed E-state index contributed by atoms with van der Waals surface area (Å²) in [7, 11) is 1.28. The van der Waals surface area contributed by atoms with E-state index >= 15 is 0 Å². The molecule has 1 aliphatic rings. The number of methoxy groups -OCH3 is 1. The Morgan fingerprint density at radius 1 is 1.29 bits per heavy atom. The molecule has 7 heteroatoms. The Bertz CT molecular complexity index is 1150. The van der Waals surface area contributed by atoms with Crippen molar-refractivity contribution in [3.8, 4) is 11.6 Å². The summed E-state index contributed by atoms with van der Waals surface area (Å²) in [6, 6.07) is 12.5. The van der Waals surface area contributed by atoms with Gasteiger partial charge in [0.15, 0.2) is 0 Å². The first kappa shape index (κ1) is 17.8. The van der Waals surface area contributed by atoms with Crippen LogP contribution in [0.5, 0.6) is 11.6 Å². The lowest BCUT2D eigenvalue weighted by Crippen LogP contribution is -2.26. The molecule has 0 saturated heterocycles. The largest absolute Gasteiger partial charge is 0.493 e. The molecule has 1 aromatic carbocycles. The Hall–Kier alpha value is -3.61. The van der Waals surface area contributed by atoms with Crippen LogP contribution in [0.1, 0.15) is 23.5 Å². The number of carbonyl (C=O) groups is 1. The lowest BCUT2D eigenvalue weighted by molar-refractivity contribution is -0.140. The van der Waals surface area contributed by atoms with Crippen LogP contribution < -0.4 is 10.3 Å². The second kappa shape index (κ2) is 7.19. The van der Waals surface area contributed by atoms with Gasteiger partial charge in [0.1, 0.15) is 18.0 Å². The van der Waals surface area contributed by atoms with Crippen molar-refractivity contribution in [3.63, 3.8) is 0 Å². The molecule has 28 heavy (non-hydrogen) atoms. The van der Waals surface area contributed by atoms with E-state index in [0.717, 1.165) is 11.3 Å². The van der Waals surface area contributed by atoms with E-state index in [9.17, 15) is 14.7 Å². The molecule has 3 aromatic rings. The summed E-state index contributed by atoms with van der Waals surface area (Å²) >= 11 is 0. The molecule has 3 heterocycles. The summed E-state index contributed by atoms with van der Waals surface area (Å²) in [5.41, 5.74) is 1.46. The normalized spacial score (nSPS) is 14.0. The van der Waals surface area contributed by atoms with Gasteiger partial charge in [0.25, 0.3) is 5.56 Å². The number of rotatable bonds is 4. The number of hydrogen-bond donors (Lipinski definition) is 1. The molecule has 1 unspecified atom stereocenters. The van der Waals surface area contributed by atoms with E-state index in [0.29, 0.717) is 11.2 Å². The third-order valence-electron chi connectivity index (χ3n) is 4.80. The van der Waals surface area contributed by atoms with Crippen LogP contribution in [0.2, 0.25) is 0 Å². The smallest absolute Gasteiger partial charge is 0.306 e. The molecular formula is C21H18N2O5. The summed E-state index contributed by atoms with van der Waals surface area (Å²) in [6.07, 6.45) is 3.34. The molecule has 0 spiro atoms. The second-order valence-electron chi connectivity index (χ2n) is 6.46. The van der Waals surface area contributed by atoms with E-state index in [1.807, 2.05) is 30.3 Å². The quantitative estimate of drug-likeness (QED) is 0.702. The Morgan fingerprint density at radius 2 is 2.07 bits per heavy atom. The van der Waals surface area contributed by atoms with Crippen molar-refractivity contribution < 1.29 is 19.4 Å². The van der Waals surface area contributed by atoms with Crippen molar-refractivity contribution >= 4 is 17.7 Å². The highest BCUT2D eigenvalue weighted by atomic mass is 16.5. The van der Waals surface area contributed by atoms with Gasteiger partial charge in [-0.05, 0) is 29.8 Å². The van der Waals surface area contributed by atoms with Gasteiger partial charge in [0, 0.05) is 17.7 Å². The van der Waals surface area contributed by atoms with E-state index in [2.05, 4.69) is 4.98 Å². The van der Waals surface area contributed by atoms with Crippen LogP contribution >= 0.6 is 0 Å². The Balaban J connectivity index is 1.89. The van der Waals surface area contributed by atoms with Gasteiger partial charge in [-0.25, -0.2) is 0 Å². The minimum absolute atomic E-state index is 0.0448. The number of pyridine rings is 1. The fourth-order valence-corrected chi connectivity index (χ4v) is 3.40. The van der Waals surface area contributed by atoms with Crippen LogP contribution in [0.25, 0.3) is 11.7 Å². The minimum Gasteiger partial charge on any atom is -0.493 e. The SMILES string of the molecule is COC(=O)CC(C1=Cc2ccccc2OC1)c1c(O)nc2ccccn2c1=O. The summed E-state index contributed by atoms with van der Waals surface area (Å²) < 4.78 is 11.9. The molecule has 0 radical (unpaired) electrons. The molecule has 4 rings (SSSR count). The molecule has 2 aromatic heterocycles. The van der Waals surface area contributed by atoms with Crippen molar-refractivity contribution in [2.24, 2.45) is 0 Å². The number of aromatic nitrogens is 2. The number of hydrogen-bond acceptors (Lipinski definition) is 6. The molecule has 0 amide bonds. The second-order valence-corrected chi connectivity index (χ2v) is 6.46. The third-order valence-corrected chi connectivity index (χ3v) is 4.80. The first-order chi connectivity index (χ1) is 13.6. The van der Waals surface area contributed by atoms with Crippen molar-refractivity contribution in [2.75, 3.05) is 13.7 Å². The first-order valence-electron chi connectivity index (χ1n) is 8.78. The molecule has 1 N–H and O–H groups in total. The number of fused-ring (bicyclic) bond motifs is 2. The Kier molecular flexibility index (Phi) is 4.57. The number of carbonyl (C=O) groups excluding carboxylic acids is 1. The molecular weight excluding hydrogens is 360 g/mol. The summed E-state index contributed by atoms with van der Waals surface area (Å²) in [4.78, 5) is 29.3. The highest BCUT2D eigenvalue weighted by Gasteiger charge is 2.30. The van der Waals surface area contributed by atoms with E-state index in [-0.39, 0.29) is 18.6 Å². The highest BCUT2D eigenvalue weighted by molar-refractivity contribution is 5.73. The average molecular weight is 378 g/mol. The van der Waals surface area contributed by atoms with E-state index in [1.165, 1.54) is 11.5 Å². The number of esters is 1. The van der Waals surface area contributed by atoms with Gasteiger partial charge in [-0.15, -0.1) is 0 Å².